The monoisotopic (exact) mass is 276 g/mol. The van der Waals surface area contributed by atoms with E-state index in [0.717, 1.165) is 12.4 Å². The number of hydrogen-bond acceptors (Lipinski definition) is 2. The van der Waals surface area contributed by atoms with Crippen LogP contribution in [0.1, 0.15) is 19.8 Å². The van der Waals surface area contributed by atoms with Gasteiger partial charge >= 0.3 is 0 Å². The maximum atomic E-state index is 4.23. The van der Waals surface area contributed by atoms with Crippen molar-refractivity contribution >= 4 is 28.4 Å². The van der Waals surface area contributed by atoms with Gasteiger partial charge in [-0.3, -0.25) is 0 Å². The van der Waals surface area contributed by atoms with E-state index in [9.17, 15) is 0 Å². The van der Waals surface area contributed by atoms with Crippen LogP contribution in [0.25, 0.3) is 0 Å². The number of unbranched alkanes of at least 4 members (excludes halogenated alkanes) is 1. The third-order valence-corrected chi connectivity index (χ3v) is 2.20. The molecule has 66 valence electrons. The Bertz CT molecular complexity index is 220. The molecule has 0 atom stereocenters. The normalized spacial score (nSPS) is 9.83. The van der Waals surface area contributed by atoms with Crippen molar-refractivity contribution in [1.29, 1.82) is 0 Å². The van der Waals surface area contributed by atoms with Crippen molar-refractivity contribution in [3.63, 3.8) is 0 Å². The molecule has 0 fully saturated rings. The van der Waals surface area contributed by atoms with Crippen LogP contribution >= 0.6 is 22.6 Å². The van der Waals surface area contributed by atoms with Crippen LogP contribution < -0.4 is 5.32 Å². The minimum atomic E-state index is 0.976. The fourth-order valence-electron chi connectivity index (χ4n) is 0.874. The van der Waals surface area contributed by atoms with E-state index in [4.69, 9.17) is 0 Å². The number of nitrogens with zero attached hydrogens (tertiary/aromatic N) is 1. The molecule has 0 saturated carbocycles. The van der Waals surface area contributed by atoms with Gasteiger partial charge in [-0.05, 0) is 41.1 Å². The molecule has 0 aromatic carbocycles. The van der Waals surface area contributed by atoms with Crippen LogP contribution in [0.5, 0.6) is 0 Å². The Hall–Kier alpha value is -0.320. The van der Waals surface area contributed by atoms with Crippen molar-refractivity contribution in [2.24, 2.45) is 0 Å². The number of pyridine rings is 1. The van der Waals surface area contributed by atoms with Crippen LogP contribution in [0.4, 0.5) is 5.82 Å². The average Bonchev–Trinajstić information content (AvgIpc) is 2.09. The highest BCUT2D eigenvalue weighted by Crippen LogP contribution is 2.06. The summed E-state index contributed by atoms with van der Waals surface area (Å²) in [5.41, 5.74) is 0. The van der Waals surface area contributed by atoms with Crippen LogP contribution in [0.2, 0.25) is 0 Å². The van der Waals surface area contributed by atoms with Gasteiger partial charge in [-0.25, -0.2) is 4.98 Å². The lowest BCUT2D eigenvalue weighted by molar-refractivity contribution is 0.831. The SMILES string of the molecule is CCCCNc1ccc(I)cn1. The van der Waals surface area contributed by atoms with Gasteiger partial charge < -0.3 is 5.32 Å². The number of rotatable bonds is 4. The Morgan fingerprint density at radius 2 is 2.33 bits per heavy atom. The average molecular weight is 276 g/mol. The maximum Gasteiger partial charge on any atom is 0.125 e. The highest BCUT2D eigenvalue weighted by atomic mass is 127. The highest BCUT2D eigenvalue weighted by Gasteiger charge is 1.91. The summed E-state index contributed by atoms with van der Waals surface area (Å²) in [5.74, 6) is 0.976. The number of nitrogens with one attached hydrogen (secondary N) is 1. The molecular weight excluding hydrogens is 263 g/mol. The van der Waals surface area contributed by atoms with E-state index in [-0.39, 0.29) is 0 Å². The quantitative estimate of drug-likeness (QED) is 0.675. The van der Waals surface area contributed by atoms with Gasteiger partial charge in [-0.15, -0.1) is 0 Å². The van der Waals surface area contributed by atoms with E-state index < -0.39 is 0 Å². The van der Waals surface area contributed by atoms with E-state index >= 15 is 0 Å². The van der Waals surface area contributed by atoms with Crippen LogP contribution in [-0.4, -0.2) is 11.5 Å². The third-order valence-electron chi connectivity index (χ3n) is 1.56. The summed E-state index contributed by atoms with van der Waals surface area (Å²) < 4.78 is 1.17. The molecule has 1 heterocycles. The molecule has 2 nitrogen and oxygen atoms in total. The van der Waals surface area contributed by atoms with Gasteiger partial charge in [-0.1, -0.05) is 13.3 Å². The lowest BCUT2D eigenvalue weighted by atomic mass is 10.3. The van der Waals surface area contributed by atoms with Gasteiger partial charge in [0.25, 0.3) is 0 Å². The van der Waals surface area contributed by atoms with E-state index in [0.29, 0.717) is 0 Å². The molecule has 1 N–H and O–H groups in total. The van der Waals surface area contributed by atoms with Crippen molar-refractivity contribution in [3.05, 3.63) is 21.9 Å². The summed E-state index contributed by atoms with van der Waals surface area (Å²) in [6, 6.07) is 4.07. The van der Waals surface area contributed by atoms with Crippen LogP contribution in [0.3, 0.4) is 0 Å². The standard InChI is InChI=1S/C9H13IN2/c1-2-3-6-11-9-5-4-8(10)7-12-9/h4-5,7H,2-3,6H2,1H3,(H,11,12). The third kappa shape index (κ3) is 3.38. The summed E-state index contributed by atoms with van der Waals surface area (Å²) in [4.78, 5) is 4.23. The Morgan fingerprint density at radius 1 is 1.50 bits per heavy atom. The highest BCUT2D eigenvalue weighted by molar-refractivity contribution is 14.1. The number of hydrogen-bond donors (Lipinski definition) is 1. The maximum absolute atomic E-state index is 4.23. The summed E-state index contributed by atoms with van der Waals surface area (Å²) >= 11 is 2.25. The summed E-state index contributed by atoms with van der Waals surface area (Å²) in [6.45, 7) is 3.20. The molecule has 0 spiro atoms. The largest absolute Gasteiger partial charge is 0.370 e. The van der Waals surface area contributed by atoms with E-state index in [1.54, 1.807) is 0 Å². The first kappa shape index (κ1) is 9.77. The van der Waals surface area contributed by atoms with Crippen molar-refractivity contribution in [2.45, 2.75) is 19.8 Å². The Kier molecular flexibility index (Phi) is 4.35. The minimum absolute atomic E-state index is 0.976. The van der Waals surface area contributed by atoms with Gasteiger partial charge in [0.05, 0.1) is 0 Å². The topological polar surface area (TPSA) is 24.9 Å². The zero-order valence-corrected chi connectivity index (χ0v) is 9.34. The summed E-state index contributed by atoms with van der Waals surface area (Å²) in [5, 5.41) is 3.26. The molecule has 0 bridgehead atoms. The molecule has 1 aromatic rings. The molecule has 3 heteroatoms. The van der Waals surface area contributed by atoms with Crippen molar-refractivity contribution in [1.82, 2.24) is 4.98 Å². The first-order valence-electron chi connectivity index (χ1n) is 4.18. The van der Waals surface area contributed by atoms with Gasteiger partial charge in [-0.2, -0.15) is 0 Å². The smallest absolute Gasteiger partial charge is 0.125 e. The Labute approximate surface area is 86.9 Å². The molecular formula is C9H13IN2. The zero-order chi connectivity index (χ0) is 8.81. The second-order valence-electron chi connectivity index (χ2n) is 2.64. The fourth-order valence-corrected chi connectivity index (χ4v) is 1.19. The minimum Gasteiger partial charge on any atom is -0.370 e. The Balaban J connectivity index is 2.37. The van der Waals surface area contributed by atoms with Gasteiger partial charge in [0, 0.05) is 16.3 Å². The first-order chi connectivity index (χ1) is 5.83. The van der Waals surface area contributed by atoms with Crippen molar-refractivity contribution in [3.8, 4) is 0 Å². The van der Waals surface area contributed by atoms with Gasteiger partial charge in [0.2, 0.25) is 0 Å². The van der Waals surface area contributed by atoms with Crippen molar-refractivity contribution < 1.29 is 0 Å². The van der Waals surface area contributed by atoms with Crippen LogP contribution in [0.15, 0.2) is 18.3 Å². The van der Waals surface area contributed by atoms with Gasteiger partial charge in [0.15, 0.2) is 0 Å². The predicted molar refractivity (Wildman–Crippen MR) is 60.4 cm³/mol. The molecule has 0 radical (unpaired) electrons. The van der Waals surface area contributed by atoms with Crippen LogP contribution in [-0.2, 0) is 0 Å². The zero-order valence-electron chi connectivity index (χ0n) is 7.18. The molecule has 0 amide bonds. The molecule has 0 unspecified atom stereocenters. The summed E-state index contributed by atoms with van der Waals surface area (Å²) in [6.07, 6.45) is 4.29. The molecule has 0 aliphatic heterocycles. The van der Waals surface area contributed by atoms with Gasteiger partial charge in [0.1, 0.15) is 5.82 Å². The van der Waals surface area contributed by atoms with Crippen molar-refractivity contribution in [2.75, 3.05) is 11.9 Å². The lowest BCUT2D eigenvalue weighted by Crippen LogP contribution is -2.02. The molecule has 0 aliphatic rings. The second-order valence-corrected chi connectivity index (χ2v) is 3.89. The number of halogens is 1. The Morgan fingerprint density at radius 3 is 2.92 bits per heavy atom. The fraction of sp³-hybridized carbons (Fsp3) is 0.444. The molecule has 0 aliphatic carbocycles. The number of anilines is 1. The summed E-state index contributed by atoms with van der Waals surface area (Å²) in [7, 11) is 0. The van der Waals surface area contributed by atoms with Crippen LogP contribution in [0, 0.1) is 3.57 Å². The lowest BCUT2D eigenvalue weighted by Gasteiger charge is -2.03. The molecule has 1 aromatic heterocycles. The molecule has 1 rings (SSSR count). The second kappa shape index (κ2) is 5.35. The number of aromatic nitrogens is 1. The van der Waals surface area contributed by atoms with E-state index in [1.807, 2.05) is 12.3 Å². The van der Waals surface area contributed by atoms with E-state index in [1.165, 1.54) is 16.4 Å². The molecule has 12 heavy (non-hydrogen) atoms. The van der Waals surface area contributed by atoms with E-state index in [2.05, 4.69) is 45.9 Å². The first-order valence-corrected chi connectivity index (χ1v) is 5.26. The predicted octanol–water partition coefficient (Wildman–Crippen LogP) is 2.90. The molecule has 0 saturated heterocycles.